The average molecular weight is 331 g/mol. The van der Waals surface area contributed by atoms with E-state index in [1.54, 1.807) is 10.6 Å². The number of hydrogen-bond donors (Lipinski definition) is 2. The number of nitrogens with one attached hydrogen (secondary N) is 1. The van der Waals surface area contributed by atoms with Crippen molar-refractivity contribution in [1.82, 2.24) is 19.5 Å². The second kappa shape index (κ2) is 6.52. The van der Waals surface area contributed by atoms with Gasteiger partial charge in [-0.05, 0) is 24.6 Å². The molecule has 21 heavy (non-hydrogen) atoms. The van der Waals surface area contributed by atoms with E-state index < -0.39 is 10.0 Å². The molecule has 0 atom stereocenters. The fourth-order valence-corrected chi connectivity index (χ4v) is 3.30. The molecule has 0 aliphatic heterocycles. The van der Waals surface area contributed by atoms with Gasteiger partial charge in [0.05, 0.1) is 18.2 Å². The van der Waals surface area contributed by atoms with E-state index in [0.29, 0.717) is 17.9 Å². The normalized spacial score (nSPS) is 11.8. The van der Waals surface area contributed by atoms with Gasteiger partial charge in [0.2, 0.25) is 10.0 Å². The highest BCUT2D eigenvalue weighted by atomic mass is 35.5. The third-order valence-electron chi connectivity index (χ3n) is 2.92. The number of nitrogens with zero attached hydrogens (tertiary/aromatic N) is 3. The van der Waals surface area contributed by atoms with Gasteiger partial charge < -0.3 is 9.67 Å². The number of aliphatic hydroxyl groups excluding tert-OH is 1. The quantitative estimate of drug-likeness (QED) is 0.821. The van der Waals surface area contributed by atoms with Crippen LogP contribution in [0.25, 0.3) is 0 Å². The van der Waals surface area contributed by atoms with Gasteiger partial charge in [0.25, 0.3) is 0 Å². The Morgan fingerprint density at radius 3 is 2.86 bits per heavy atom. The first-order valence-corrected chi connectivity index (χ1v) is 8.09. The van der Waals surface area contributed by atoms with Crippen LogP contribution in [0.15, 0.2) is 29.4 Å². The topological polar surface area (TPSA) is 97.1 Å². The maximum absolute atomic E-state index is 12.3. The highest BCUT2D eigenvalue weighted by molar-refractivity contribution is 7.89. The van der Waals surface area contributed by atoms with Crippen molar-refractivity contribution in [2.45, 2.75) is 31.5 Å². The maximum atomic E-state index is 12.3. The summed E-state index contributed by atoms with van der Waals surface area (Å²) in [7, 11) is -3.80. The largest absolute Gasteiger partial charge is 0.392 e. The van der Waals surface area contributed by atoms with Crippen molar-refractivity contribution in [2.24, 2.45) is 0 Å². The van der Waals surface area contributed by atoms with Gasteiger partial charge in [-0.25, -0.2) is 13.1 Å². The number of sulfonamides is 1. The molecule has 0 spiro atoms. The van der Waals surface area contributed by atoms with E-state index in [1.165, 1.54) is 18.5 Å². The van der Waals surface area contributed by atoms with Gasteiger partial charge in [-0.3, -0.25) is 0 Å². The fraction of sp³-hybridized carbons (Fsp3) is 0.333. The molecule has 0 radical (unpaired) electrons. The molecule has 1 aromatic heterocycles. The number of aryl methyl sites for hydroxylation is 1. The molecule has 0 amide bonds. The zero-order chi connectivity index (χ0) is 15.5. The first kappa shape index (κ1) is 15.9. The third-order valence-corrected chi connectivity index (χ3v) is 4.81. The Morgan fingerprint density at radius 1 is 1.43 bits per heavy atom. The van der Waals surface area contributed by atoms with Crippen LogP contribution in [0.5, 0.6) is 0 Å². The lowest BCUT2D eigenvalue weighted by molar-refractivity contribution is 0.281. The Morgan fingerprint density at radius 2 is 2.19 bits per heavy atom. The number of hydrogen-bond acceptors (Lipinski definition) is 5. The minimum absolute atomic E-state index is 0.00978. The molecule has 0 bridgehead atoms. The molecule has 1 aromatic carbocycles. The van der Waals surface area contributed by atoms with Crippen LogP contribution in [0, 0.1) is 0 Å². The van der Waals surface area contributed by atoms with Crippen molar-refractivity contribution < 1.29 is 13.5 Å². The minimum atomic E-state index is -3.80. The molecule has 0 aliphatic carbocycles. The van der Waals surface area contributed by atoms with Crippen molar-refractivity contribution in [3.63, 3.8) is 0 Å². The van der Waals surface area contributed by atoms with Gasteiger partial charge in [-0.2, -0.15) is 0 Å². The Labute approximate surface area is 127 Å². The molecule has 114 valence electrons. The van der Waals surface area contributed by atoms with Gasteiger partial charge >= 0.3 is 0 Å². The van der Waals surface area contributed by atoms with E-state index >= 15 is 0 Å². The van der Waals surface area contributed by atoms with Crippen molar-refractivity contribution in [1.29, 1.82) is 0 Å². The molecular formula is C12H15ClN4O3S. The van der Waals surface area contributed by atoms with E-state index in [0.717, 1.165) is 0 Å². The summed E-state index contributed by atoms with van der Waals surface area (Å²) in [5.41, 5.74) is 0.469. The highest BCUT2D eigenvalue weighted by Gasteiger charge is 2.19. The van der Waals surface area contributed by atoms with Gasteiger partial charge in [0.15, 0.2) is 0 Å². The SMILES string of the molecule is CCn1cnnc1CNS(=O)(=O)c1cc(CO)ccc1Cl. The molecular weight excluding hydrogens is 316 g/mol. The summed E-state index contributed by atoms with van der Waals surface area (Å²) in [4.78, 5) is -0.0710. The number of benzene rings is 1. The van der Waals surface area contributed by atoms with Gasteiger partial charge in [-0.1, -0.05) is 17.7 Å². The predicted molar refractivity (Wildman–Crippen MR) is 77.1 cm³/mol. The van der Waals surface area contributed by atoms with Gasteiger partial charge in [-0.15, -0.1) is 10.2 Å². The zero-order valence-corrected chi connectivity index (χ0v) is 12.9. The van der Waals surface area contributed by atoms with Crippen LogP contribution in [0.1, 0.15) is 18.3 Å². The molecule has 2 aromatic rings. The van der Waals surface area contributed by atoms with Crippen LogP contribution in [0.4, 0.5) is 0 Å². The first-order chi connectivity index (χ1) is 9.97. The molecule has 2 rings (SSSR count). The highest BCUT2D eigenvalue weighted by Crippen LogP contribution is 2.22. The Hall–Kier alpha value is -1.48. The predicted octanol–water partition coefficient (Wildman–Crippen LogP) is 0.922. The molecule has 0 unspecified atom stereocenters. The summed E-state index contributed by atoms with van der Waals surface area (Å²) in [6, 6.07) is 4.35. The molecule has 0 fully saturated rings. The van der Waals surface area contributed by atoms with Crippen molar-refractivity contribution >= 4 is 21.6 Å². The molecule has 7 nitrogen and oxygen atoms in total. The van der Waals surface area contributed by atoms with Crippen molar-refractivity contribution in [3.8, 4) is 0 Å². The molecule has 0 aliphatic rings. The van der Waals surface area contributed by atoms with Gasteiger partial charge in [0, 0.05) is 6.54 Å². The summed E-state index contributed by atoms with van der Waals surface area (Å²) in [6.45, 7) is 2.30. The average Bonchev–Trinajstić information content (AvgIpc) is 2.93. The smallest absolute Gasteiger partial charge is 0.242 e. The molecule has 1 heterocycles. The number of halogens is 1. The fourth-order valence-electron chi connectivity index (χ4n) is 1.77. The van der Waals surface area contributed by atoms with Crippen LogP contribution in [0.3, 0.4) is 0 Å². The molecule has 2 N–H and O–H groups in total. The summed E-state index contributed by atoms with van der Waals surface area (Å²) in [6.07, 6.45) is 1.53. The van der Waals surface area contributed by atoms with Crippen LogP contribution in [0.2, 0.25) is 5.02 Å². The monoisotopic (exact) mass is 330 g/mol. The molecule has 9 heteroatoms. The Balaban J connectivity index is 2.23. The Bertz CT molecular complexity index is 730. The summed E-state index contributed by atoms with van der Waals surface area (Å²) < 4.78 is 28.7. The van der Waals surface area contributed by atoms with Gasteiger partial charge in [0.1, 0.15) is 17.0 Å². The second-order valence-electron chi connectivity index (χ2n) is 4.28. The van der Waals surface area contributed by atoms with E-state index in [1.807, 2.05) is 6.92 Å². The Kier molecular flexibility index (Phi) is 4.94. The van der Waals surface area contributed by atoms with Crippen molar-refractivity contribution in [3.05, 3.63) is 40.9 Å². The van der Waals surface area contributed by atoms with E-state index in [2.05, 4.69) is 14.9 Å². The van der Waals surface area contributed by atoms with Crippen LogP contribution in [-0.2, 0) is 29.7 Å². The van der Waals surface area contributed by atoms with Crippen LogP contribution in [-0.4, -0.2) is 28.3 Å². The van der Waals surface area contributed by atoms with E-state index in [4.69, 9.17) is 16.7 Å². The third kappa shape index (κ3) is 3.59. The van der Waals surface area contributed by atoms with Crippen molar-refractivity contribution in [2.75, 3.05) is 0 Å². The minimum Gasteiger partial charge on any atom is -0.392 e. The molecule has 0 saturated heterocycles. The van der Waals surface area contributed by atoms with Crippen LogP contribution >= 0.6 is 11.6 Å². The lowest BCUT2D eigenvalue weighted by atomic mass is 10.2. The number of aliphatic hydroxyl groups is 1. The standard InChI is InChI=1S/C12H15ClN4O3S/c1-2-17-8-14-16-12(17)6-15-21(19,20)11-5-9(7-18)3-4-10(11)13/h3-5,8,15,18H,2,6-7H2,1H3. The lowest BCUT2D eigenvalue weighted by Crippen LogP contribution is -2.25. The maximum Gasteiger partial charge on any atom is 0.242 e. The number of aromatic nitrogens is 3. The zero-order valence-electron chi connectivity index (χ0n) is 11.3. The summed E-state index contributed by atoms with van der Waals surface area (Å²) in [5.74, 6) is 0.510. The lowest BCUT2D eigenvalue weighted by Gasteiger charge is -2.09. The molecule has 0 saturated carbocycles. The van der Waals surface area contributed by atoms with E-state index in [-0.39, 0.29) is 23.1 Å². The summed E-state index contributed by atoms with van der Waals surface area (Å²) >= 11 is 5.92. The van der Waals surface area contributed by atoms with Crippen LogP contribution < -0.4 is 4.72 Å². The summed E-state index contributed by atoms with van der Waals surface area (Å²) in [5, 5.41) is 16.8. The number of rotatable bonds is 6. The van der Waals surface area contributed by atoms with E-state index in [9.17, 15) is 8.42 Å². The first-order valence-electron chi connectivity index (χ1n) is 6.23. The second-order valence-corrected chi connectivity index (χ2v) is 6.42.